The summed E-state index contributed by atoms with van der Waals surface area (Å²) in [7, 11) is 0. The minimum atomic E-state index is -0.659. The van der Waals surface area contributed by atoms with Crippen LogP contribution >= 0.6 is 0 Å². The summed E-state index contributed by atoms with van der Waals surface area (Å²) in [5.74, 6) is -0.586. The molecular formula is C17H17FO2. The number of hydrogen-bond acceptors (Lipinski definition) is 2. The summed E-state index contributed by atoms with van der Waals surface area (Å²) in [5.41, 5.74) is 0.147. The van der Waals surface area contributed by atoms with Gasteiger partial charge in [0.05, 0.1) is 0 Å². The number of hydrogen-bond donors (Lipinski definition) is 0. The van der Waals surface area contributed by atoms with Crippen LogP contribution in [0.25, 0.3) is 10.8 Å². The lowest BCUT2D eigenvalue weighted by Gasteiger charge is -2.30. The van der Waals surface area contributed by atoms with Gasteiger partial charge in [0.2, 0.25) is 0 Å². The second-order valence-electron chi connectivity index (χ2n) is 5.47. The van der Waals surface area contributed by atoms with Crippen LogP contribution in [-0.4, -0.2) is 5.97 Å². The zero-order valence-corrected chi connectivity index (χ0v) is 11.5. The molecule has 1 aliphatic carbocycles. The fourth-order valence-corrected chi connectivity index (χ4v) is 3.30. The van der Waals surface area contributed by atoms with Crippen molar-refractivity contribution in [3.63, 3.8) is 0 Å². The lowest BCUT2D eigenvalue weighted by Crippen LogP contribution is -2.28. The monoisotopic (exact) mass is 272 g/mol. The molecule has 104 valence electrons. The topological polar surface area (TPSA) is 26.3 Å². The van der Waals surface area contributed by atoms with Crippen LogP contribution in [0.4, 0.5) is 4.39 Å². The van der Waals surface area contributed by atoms with Crippen LogP contribution in [0.5, 0.6) is 0 Å². The van der Waals surface area contributed by atoms with Gasteiger partial charge in [-0.05, 0) is 48.6 Å². The van der Waals surface area contributed by atoms with Gasteiger partial charge >= 0.3 is 5.97 Å². The number of benzene rings is 2. The van der Waals surface area contributed by atoms with Crippen LogP contribution in [0.1, 0.15) is 38.2 Å². The third-order valence-electron chi connectivity index (χ3n) is 4.07. The molecule has 0 atom stereocenters. The third-order valence-corrected chi connectivity index (χ3v) is 4.07. The van der Waals surface area contributed by atoms with Crippen LogP contribution < -0.4 is 0 Å². The molecule has 1 saturated carbocycles. The molecule has 0 aliphatic heterocycles. The molecule has 20 heavy (non-hydrogen) atoms. The Bertz CT molecular complexity index is 657. The fraction of sp³-hybridized carbons (Fsp3) is 0.353. The SMILES string of the molecule is CC(=O)OC1(c2cc(F)cc3ccccc23)CCCC1. The number of rotatable bonds is 2. The van der Waals surface area contributed by atoms with E-state index in [9.17, 15) is 9.18 Å². The van der Waals surface area contributed by atoms with E-state index >= 15 is 0 Å². The maximum Gasteiger partial charge on any atom is 0.303 e. The first kappa shape index (κ1) is 13.1. The van der Waals surface area contributed by atoms with Crippen molar-refractivity contribution in [3.8, 4) is 0 Å². The van der Waals surface area contributed by atoms with E-state index in [1.54, 1.807) is 0 Å². The molecule has 1 aliphatic rings. The van der Waals surface area contributed by atoms with E-state index in [0.29, 0.717) is 0 Å². The molecule has 0 spiro atoms. The molecule has 3 rings (SSSR count). The van der Waals surface area contributed by atoms with Crippen LogP contribution in [-0.2, 0) is 15.1 Å². The number of carbonyl (C=O) groups excluding carboxylic acids is 1. The molecule has 0 heterocycles. The molecule has 2 aromatic carbocycles. The average Bonchev–Trinajstić information content (AvgIpc) is 2.86. The van der Waals surface area contributed by atoms with E-state index in [4.69, 9.17) is 4.74 Å². The highest BCUT2D eigenvalue weighted by Gasteiger charge is 2.40. The maximum absolute atomic E-state index is 13.9. The highest BCUT2D eigenvalue weighted by atomic mass is 19.1. The first-order chi connectivity index (χ1) is 9.61. The van der Waals surface area contributed by atoms with Crippen molar-refractivity contribution in [2.24, 2.45) is 0 Å². The minimum absolute atomic E-state index is 0.280. The largest absolute Gasteiger partial charge is 0.454 e. The van der Waals surface area contributed by atoms with Gasteiger partial charge in [-0.15, -0.1) is 0 Å². The molecule has 0 aromatic heterocycles. The van der Waals surface area contributed by atoms with Gasteiger partial charge in [-0.25, -0.2) is 4.39 Å². The first-order valence-electron chi connectivity index (χ1n) is 6.99. The summed E-state index contributed by atoms with van der Waals surface area (Å²) >= 11 is 0. The molecule has 0 bridgehead atoms. The van der Waals surface area contributed by atoms with E-state index < -0.39 is 5.60 Å². The molecule has 2 nitrogen and oxygen atoms in total. The van der Waals surface area contributed by atoms with Crippen molar-refractivity contribution in [3.05, 3.63) is 47.8 Å². The summed E-state index contributed by atoms with van der Waals surface area (Å²) in [5, 5.41) is 1.82. The molecule has 0 amide bonds. The predicted octanol–water partition coefficient (Wildman–Crippen LogP) is 4.31. The zero-order chi connectivity index (χ0) is 14.2. The van der Waals surface area contributed by atoms with Crippen LogP contribution in [0, 0.1) is 5.82 Å². The lowest BCUT2D eigenvalue weighted by molar-refractivity contribution is -0.157. The molecule has 2 aromatic rings. The molecule has 0 saturated heterocycles. The third kappa shape index (κ3) is 2.17. The highest BCUT2D eigenvalue weighted by molar-refractivity contribution is 5.87. The van der Waals surface area contributed by atoms with Crippen molar-refractivity contribution < 1.29 is 13.9 Å². The molecule has 1 fully saturated rings. The lowest BCUT2D eigenvalue weighted by atomic mass is 9.87. The Morgan fingerprint density at radius 3 is 2.60 bits per heavy atom. The molecule has 0 radical (unpaired) electrons. The van der Waals surface area contributed by atoms with Gasteiger partial charge in [-0.1, -0.05) is 24.3 Å². The molecule has 0 unspecified atom stereocenters. The molecule has 0 N–H and O–H groups in total. The minimum Gasteiger partial charge on any atom is -0.454 e. The Balaban J connectivity index is 2.23. The van der Waals surface area contributed by atoms with E-state index in [2.05, 4.69) is 0 Å². The summed E-state index contributed by atoms with van der Waals surface area (Å²) in [4.78, 5) is 11.5. The van der Waals surface area contributed by atoms with Gasteiger partial charge in [0.1, 0.15) is 11.4 Å². The van der Waals surface area contributed by atoms with E-state index in [1.165, 1.54) is 19.1 Å². The van der Waals surface area contributed by atoms with Crippen molar-refractivity contribution in [2.75, 3.05) is 0 Å². The predicted molar refractivity (Wildman–Crippen MR) is 75.8 cm³/mol. The molecular weight excluding hydrogens is 255 g/mol. The summed E-state index contributed by atoms with van der Waals surface area (Å²) < 4.78 is 19.6. The van der Waals surface area contributed by atoms with Gasteiger partial charge < -0.3 is 4.74 Å². The van der Waals surface area contributed by atoms with Crippen LogP contribution in [0.2, 0.25) is 0 Å². The Morgan fingerprint density at radius 1 is 1.20 bits per heavy atom. The summed E-state index contributed by atoms with van der Waals surface area (Å²) in [6, 6.07) is 10.7. The Kier molecular flexibility index (Phi) is 3.20. The second kappa shape index (κ2) is 4.89. The van der Waals surface area contributed by atoms with Crippen molar-refractivity contribution in [1.82, 2.24) is 0 Å². The number of ether oxygens (including phenoxy) is 1. The summed E-state index contributed by atoms with van der Waals surface area (Å²) in [6.07, 6.45) is 3.52. The quantitative estimate of drug-likeness (QED) is 0.761. The van der Waals surface area contributed by atoms with E-state index in [1.807, 2.05) is 24.3 Å². The van der Waals surface area contributed by atoms with Gasteiger partial charge in [-0.3, -0.25) is 4.79 Å². The summed E-state index contributed by atoms with van der Waals surface area (Å²) in [6.45, 7) is 1.42. The smallest absolute Gasteiger partial charge is 0.303 e. The van der Waals surface area contributed by atoms with Gasteiger partial charge in [0.25, 0.3) is 0 Å². The van der Waals surface area contributed by atoms with E-state index in [0.717, 1.165) is 42.0 Å². The number of carbonyl (C=O) groups is 1. The highest BCUT2D eigenvalue weighted by Crippen LogP contribution is 2.45. The second-order valence-corrected chi connectivity index (χ2v) is 5.47. The van der Waals surface area contributed by atoms with Crippen molar-refractivity contribution in [1.29, 1.82) is 0 Å². The van der Waals surface area contributed by atoms with Crippen LogP contribution in [0.3, 0.4) is 0 Å². The fourth-order valence-electron chi connectivity index (χ4n) is 3.30. The zero-order valence-electron chi connectivity index (χ0n) is 11.5. The van der Waals surface area contributed by atoms with Gasteiger partial charge in [0.15, 0.2) is 0 Å². The maximum atomic E-state index is 13.9. The first-order valence-corrected chi connectivity index (χ1v) is 6.99. The Hall–Kier alpha value is -1.90. The Morgan fingerprint density at radius 2 is 1.90 bits per heavy atom. The van der Waals surface area contributed by atoms with E-state index in [-0.39, 0.29) is 11.8 Å². The normalized spacial score (nSPS) is 17.3. The van der Waals surface area contributed by atoms with Gasteiger partial charge in [-0.2, -0.15) is 0 Å². The number of fused-ring (bicyclic) bond motifs is 1. The standard InChI is InChI=1S/C17H17FO2/c1-12(19)20-17(8-4-5-9-17)16-11-14(18)10-13-6-2-3-7-15(13)16/h2-3,6-7,10-11H,4-5,8-9H2,1H3. The molecule has 3 heteroatoms. The van der Waals surface area contributed by atoms with Crippen molar-refractivity contribution >= 4 is 16.7 Å². The Labute approximate surface area is 117 Å². The number of esters is 1. The average molecular weight is 272 g/mol. The van der Waals surface area contributed by atoms with Gasteiger partial charge in [0, 0.05) is 12.5 Å². The van der Waals surface area contributed by atoms with Crippen molar-refractivity contribution in [2.45, 2.75) is 38.2 Å². The van der Waals surface area contributed by atoms with Crippen LogP contribution in [0.15, 0.2) is 36.4 Å². The number of halogens is 1.